The first-order chi connectivity index (χ1) is 11.7. The normalized spacial score (nSPS) is 29.0. The van der Waals surface area contributed by atoms with E-state index in [4.69, 9.17) is 9.47 Å². The molecule has 2 unspecified atom stereocenters. The van der Waals surface area contributed by atoms with Crippen LogP contribution in [0, 0.1) is 5.92 Å². The number of carbonyl (C=O) groups is 2. The molecule has 4 atom stereocenters. The SMILES string of the molecule is C=CCN1[C@H]2CC[C@@H]1C(C(=O)OC)C(OC(=O)c1ccccc1)C2. The molecule has 0 radical (unpaired) electrons. The first-order valence-corrected chi connectivity index (χ1v) is 8.36. The number of hydrogen-bond donors (Lipinski definition) is 0. The van der Waals surface area contributed by atoms with E-state index in [1.165, 1.54) is 7.11 Å². The lowest BCUT2D eigenvalue weighted by Gasteiger charge is -2.42. The third-order valence-corrected chi connectivity index (χ3v) is 5.09. The number of esters is 2. The number of methoxy groups -OCH3 is 1. The highest BCUT2D eigenvalue weighted by Crippen LogP contribution is 2.41. The van der Waals surface area contributed by atoms with Crippen LogP contribution in [-0.4, -0.2) is 48.7 Å². The molecule has 5 nitrogen and oxygen atoms in total. The van der Waals surface area contributed by atoms with E-state index >= 15 is 0 Å². The number of piperidine rings is 1. The number of carbonyl (C=O) groups excluding carboxylic acids is 2. The third-order valence-electron chi connectivity index (χ3n) is 5.09. The summed E-state index contributed by atoms with van der Waals surface area (Å²) in [5.74, 6) is -1.13. The van der Waals surface area contributed by atoms with Crippen molar-refractivity contribution in [2.45, 2.75) is 37.5 Å². The standard InChI is InChI=1S/C19H23NO4/c1-3-11-20-14-9-10-15(20)17(19(22)23-2)16(12-14)24-18(21)13-7-5-4-6-8-13/h3-8,14-17H,1,9-12H2,2H3/t14-,15+,16?,17?/m0/s1. The van der Waals surface area contributed by atoms with Crippen molar-refractivity contribution in [1.29, 1.82) is 0 Å². The lowest BCUT2D eigenvalue weighted by atomic mass is 9.87. The van der Waals surface area contributed by atoms with Gasteiger partial charge >= 0.3 is 11.9 Å². The Morgan fingerprint density at radius 1 is 1.29 bits per heavy atom. The zero-order chi connectivity index (χ0) is 17.1. The van der Waals surface area contributed by atoms with Gasteiger partial charge in [-0.15, -0.1) is 6.58 Å². The summed E-state index contributed by atoms with van der Waals surface area (Å²) in [5, 5.41) is 0. The molecule has 2 bridgehead atoms. The van der Waals surface area contributed by atoms with Crippen molar-refractivity contribution in [2.24, 2.45) is 5.92 Å². The van der Waals surface area contributed by atoms with Crippen LogP contribution >= 0.6 is 0 Å². The summed E-state index contributed by atoms with van der Waals surface area (Å²) in [7, 11) is 1.39. The molecule has 0 N–H and O–H groups in total. The number of rotatable bonds is 5. The summed E-state index contributed by atoms with van der Waals surface area (Å²) in [6.07, 6.45) is 3.99. The summed E-state index contributed by atoms with van der Waals surface area (Å²) < 4.78 is 10.7. The van der Waals surface area contributed by atoms with E-state index in [1.54, 1.807) is 24.3 Å². The Morgan fingerprint density at radius 3 is 2.71 bits per heavy atom. The number of benzene rings is 1. The summed E-state index contributed by atoms with van der Waals surface area (Å²) in [4.78, 5) is 27.1. The summed E-state index contributed by atoms with van der Waals surface area (Å²) in [6, 6.07) is 9.25. The van der Waals surface area contributed by atoms with Crippen LogP contribution in [0.15, 0.2) is 43.0 Å². The molecule has 2 saturated heterocycles. The summed E-state index contributed by atoms with van der Waals surface area (Å²) >= 11 is 0. The molecule has 2 heterocycles. The monoisotopic (exact) mass is 329 g/mol. The molecule has 0 amide bonds. The molecule has 1 aromatic rings. The number of fused-ring (bicyclic) bond motifs is 2. The number of ether oxygens (including phenoxy) is 2. The van der Waals surface area contributed by atoms with Crippen LogP contribution in [0.5, 0.6) is 0 Å². The van der Waals surface area contributed by atoms with Gasteiger partial charge in [-0.2, -0.15) is 0 Å². The van der Waals surface area contributed by atoms with Gasteiger partial charge in [-0.05, 0) is 25.0 Å². The van der Waals surface area contributed by atoms with E-state index < -0.39 is 12.0 Å². The molecule has 1 aromatic carbocycles. The molecule has 0 spiro atoms. The van der Waals surface area contributed by atoms with Crippen LogP contribution in [0.3, 0.4) is 0 Å². The van der Waals surface area contributed by atoms with E-state index in [-0.39, 0.29) is 18.0 Å². The molecular formula is C19H23NO4. The lowest BCUT2D eigenvalue weighted by molar-refractivity contribution is -0.156. The van der Waals surface area contributed by atoms with Crippen molar-refractivity contribution in [3.8, 4) is 0 Å². The molecule has 0 saturated carbocycles. The van der Waals surface area contributed by atoms with E-state index in [0.29, 0.717) is 18.0 Å². The van der Waals surface area contributed by atoms with Gasteiger partial charge in [-0.3, -0.25) is 9.69 Å². The van der Waals surface area contributed by atoms with Crippen molar-refractivity contribution in [3.63, 3.8) is 0 Å². The van der Waals surface area contributed by atoms with Crippen LogP contribution in [-0.2, 0) is 14.3 Å². The van der Waals surface area contributed by atoms with E-state index in [2.05, 4.69) is 11.5 Å². The number of nitrogens with zero attached hydrogens (tertiary/aromatic N) is 1. The van der Waals surface area contributed by atoms with Crippen LogP contribution in [0.25, 0.3) is 0 Å². The molecule has 2 fully saturated rings. The van der Waals surface area contributed by atoms with Crippen molar-refractivity contribution in [1.82, 2.24) is 4.90 Å². The minimum Gasteiger partial charge on any atom is -0.469 e. The fraction of sp³-hybridized carbons (Fsp3) is 0.474. The van der Waals surface area contributed by atoms with Crippen LogP contribution in [0.4, 0.5) is 0 Å². The fourth-order valence-corrected chi connectivity index (χ4v) is 4.05. The molecule has 24 heavy (non-hydrogen) atoms. The highest BCUT2D eigenvalue weighted by molar-refractivity contribution is 5.89. The molecular weight excluding hydrogens is 306 g/mol. The Balaban J connectivity index is 1.80. The maximum atomic E-state index is 12.4. The quantitative estimate of drug-likeness (QED) is 0.613. The maximum absolute atomic E-state index is 12.4. The van der Waals surface area contributed by atoms with Gasteiger partial charge in [0.2, 0.25) is 0 Å². The third kappa shape index (κ3) is 3.08. The largest absolute Gasteiger partial charge is 0.469 e. The molecule has 3 rings (SSSR count). The Morgan fingerprint density at radius 2 is 2.04 bits per heavy atom. The molecule has 128 valence electrons. The van der Waals surface area contributed by atoms with Crippen LogP contribution in [0.2, 0.25) is 0 Å². The van der Waals surface area contributed by atoms with Crippen molar-refractivity contribution in [2.75, 3.05) is 13.7 Å². The molecule has 0 aliphatic carbocycles. The van der Waals surface area contributed by atoms with Gasteiger partial charge in [0.15, 0.2) is 0 Å². The average molecular weight is 329 g/mol. The van der Waals surface area contributed by atoms with Gasteiger partial charge in [0, 0.05) is 25.0 Å². The summed E-state index contributed by atoms with van der Waals surface area (Å²) in [5.41, 5.74) is 0.502. The minimum atomic E-state index is -0.443. The van der Waals surface area contributed by atoms with Crippen LogP contribution in [0.1, 0.15) is 29.6 Å². The maximum Gasteiger partial charge on any atom is 0.338 e. The van der Waals surface area contributed by atoms with E-state index in [9.17, 15) is 9.59 Å². The van der Waals surface area contributed by atoms with E-state index in [0.717, 1.165) is 19.4 Å². The molecule has 2 aliphatic rings. The first kappa shape index (κ1) is 16.7. The van der Waals surface area contributed by atoms with E-state index in [1.807, 2.05) is 12.1 Å². The smallest absolute Gasteiger partial charge is 0.338 e. The van der Waals surface area contributed by atoms with Gasteiger partial charge in [0.25, 0.3) is 0 Å². The van der Waals surface area contributed by atoms with Gasteiger partial charge in [0.05, 0.1) is 12.7 Å². The summed E-state index contributed by atoms with van der Waals surface area (Å²) in [6.45, 7) is 4.54. The van der Waals surface area contributed by atoms with Crippen LogP contribution < -0.4 is 0 Å². The lowest BCUT2D eigenvalue weighted by Crippen LogP contribution is -2.55. The Labute approximate surface area is 142 Å². The van der Waals surface area contributed by atoms with Gasteiger partial charge in [-0.1, -0.05) is 24.3 Å². The van der Waals surface area contributed by atoms with Crippen molar-refractivity contribution >= 4 is 11.9 Å². The first-order valence-electron chi connectivity index (χ1n) is 8.36. The van der Waals surface area contributed by atoms with Gasteiger partial charge in [-0.25, -0.2) is 4.79 Å². The fourth-order valence-electron chi connectivity index (χ4n) is 4.05. The highest BCUT2D eigenvalue weighted by atomic mass is 16.6. The molecule has 2 aliphatic heterocycles. The predicted octanol–water partition coefficient (Wildman–Crippen LogP) is 2.42. The Bertz CT molecular complexity index is 615. The van der Waals surface area contributed by atoms with Crippen molar-refractivity contribution in [3.05, 3.63) is 48.6 Å². The Hall–Kier alpha value is -2.14. The zero-order valence-electron chi connectivity index (χ0n) is 13.9. The molecule has 0 aromatic heterocycles. The minimum absolute atomic E-state index is 0.0442. The zero-order valence-corrected chi connectivity index (χ0v) is 13.9. The van der Waals surface area contributed by atoms with Gasteiger partial charge in [0.1, 0.15) is 12.0 Å². The second-order valence-electron chi connectivity index (χ2n) is 6.38. The second-order valence-corrected chi connectivity index (χ2v) is 6.38. The number of hydrogen-bond acceptors (Lipinski definition) is 5. The molecule has 5 heteroatoms. The van der Waals surface area contributed by atoms with Gasteiger partial charge < -0.3 is 9.47 Å². The predicted molar refractivity (Wildman–Crippen MR) is 89.5 cm³/mol. The van der Waals surface area contributed by atoms with Crippen molar-refractivity contribution < 1.29 is 19.1 Å². The Kier molecular flexibility index (Phi) is 5.00. The topological polar surface area (TPSA) is 55.8 Å². The highest BCUT2D eigenvalue weighted by Gasteiger charge is 2.51. The average Bonchev–Trinajstić information content (AvgIpc) is 2.88. The second kappa shape index (κ2) is 7.18.